The van der Waals surface area contributed by atoms with Crippen molar-refractivity contribution in [1.29, 1.82) is 0 Å². The normalized spacial score (nSPS) is 17.1. The van der Waals surface area contributed by atoms with Crippen molar-refractivity contribution in [1.82, 2.24) is 19.7 Å². The summed E-state index contributed by atoms with van der Waals surface area (Å²) in [5.41, 5.74) is 1.66. The third-order valence-corrected chi connectivity index (χ3v) is 4.53. The molecule has 1 aromatic carbocycles. The SMILES string of the molecule is CCOC1(c2nc(Cn3cnc4ccccc43)no2)CCCC1. The monoisotopic (exact) mass is 312 g/mol. The average Bonchev–Trinajstić information content (AvgIpc) is 3.29. The first-order valence-electron chi connectivity index (χ1n) is 8.18. The summed E-state index contributed by atoms with van der Waals surface area (Å²) in [7, 11) is 0. The van der Waals surface area contributed by atoms with Gasteiger partial charge in [0.2, 0.25) is 0 Å². The molecule has 6 nitrogen and oxygen atoms in total. The van der Waals surface area contributed by atoms with Crippen LogP contribution in [0.15, 0.2) is 35.1 Å². The fourth-order valence-corrected chi connectivity index (χ4v) is 3.43. The Morgan fingerprint density at radius 3 is 2.91 bits per heavy atom. The summed E-state index contributed by atoms with van der Waals surface area (Å²) in [6.07, 6.45) is 6.01. The molecule has 0 aliphatic heterocycles. The van der Waals surface area contributed by atoms with E-state index < -0.39 is 0 Å². The van der Waals surface area contributed by atoms with Gasteiger partial charge in [-0.3, -0.25) is 0 Å². The van der Waals surface area contributed by atoms with Gasteiger partial charge in [0.15, 0.2) is 5.82 Å². The van der Waals surface area contributed by atoms with Crippen molar-refractivity contribution in [2.75, 3.05) is 6.61 Å². The fraction of sp³-hybridized carbons (Fsp3) is 0.471. The maximum atomic E-state index is 5.98. The van der Waals surface area contributed by atoms with Crippen LogP contribution in [0.3, 0.4) is 0 Å². The van der Waals surface area contributed by atoms with E-state index in [1.165, 1.54) is 0 Å². The Morgan fingerprint density at radius 2 is 2.09 bits per heavy atom. The highest BCUT2D eigenvalue weighted by molar-refractivity contribution is 5.74. The molecule has 0 amide bonds. The zero-order chi connectivity index (χ0) is 15.7. The number of aromatic nitrogens is 4. The van der Waals surface area contributed by atoms with Crippen LogP contribution in [0.1, 0.15) is 44.3 Å². The second-order valence-corrected chi connectivity index (χ2v) is 6.01. The molecule has 1 fully saturated rings. The van der Waals surface area contributed by atoms with Gasteiger partial charge in [-0.2, -0.15) is 4.98 Å². The van der Waals surface area contributed by atoms with E-state index in [0.717, 1.165) is 36.7 Å². The van der Waals surface area contributed by atoms with Gasteiger partial charge < -0.3 is 13.8 Å². The van der Waals surface area contributed by atoms with Gasteiger partial charge in [0, 0.05) is 6.61 Å². The molecule has 3 aromatic rings. The van der Waals surface area contributed by atoms with Gasteiger partial charge >= 0.3 is 0 Å². The molecular formula is C17H20N4O2. The smallest absolute Gasteiger partial charge is 0.258 e. The van der Waals surface area contributed by atoms with Gasteiger partial charge in [0.1, 0.15) is 5.60 Å². The van der Waals surface area contributed by atoms with Gasteiger partial charge in [-0.15, -0.1) is 0 Å². The molecule has 0 radical (unpaired) electrons. The first-order valence-corrected chi connectivity index (χ1v) is 8.18. The minimum absolute atomic E-state index is 0.378. The summed E-state index contributed by atoms with van der Waals surface area (Å²) in [4.78, 5) is 9.01. The van der Waals surface area contributed by atoms with Crippen LogP contribution >= 0.6 is 0 Å². The molecule has 120 valence electrons. The predicted octanol–water partition coefficient (Wildman–Crippen LogP) is 3.27. The van der Waals surface area contributed by atoms with Gasteiger partial charge in [-0.25, -0.2) is 4.98 Å². The molecule has 0 bridgehead atoms. The largest absolute Gasteiger partial charge is 0.365 e. The second kappa shape index (κ2) is 5.77. The lowest BCUT2D eigenvalue weighted by Gasteiger charge is -2.24. The summed E-state index contributed by atoms with van der Waals surface area (Å²) >= 11 is 0. The van der Waals surface area contributed by atoms with Crippen LogP contribution < -0.4 is 0 Å². The van der Waals surface area contributed by atoms with Crippen molar-refractivity contribution in [2.24, 2.45) is 0 Å². The highest BCUT2D eigenvalue weighted by Gasteiger charge is 2.41. The van der Waals surface area contributed by atoms with Crippen molar-refractivity contribution in [3.63, 3.8) is 0 Å². The molecule has 1 aliphatic rings. The van der Waals surface area contributed by atoms with Crippen molar-refractivity contribution in [2.45, 2.75) is 44.8 Å². The van der Waals surface area contributed by atoms with E-state index in [-0.39, 0.29) is 5.60 Å². The maximum Gasteiger partial charge on any atom is 0.258 e. The molecule has 0 spiro atoms. The number of nitrogens with zero attached hydrogens (tertiary/aromatic N) is 4. The fourth-order valence-electron chi connectivity index (χ4n) is 3.43. The van der Waals surface area contributed by atoms with E-state index in [4.69, 9.17) is 9.26 Å². The van der Waals surface area contributed by atoms with Crippen molar-refractivity contribution < 1.29 is 9.26 Å². The number of hydrogen-bond donors (Lipinski definition) is 0. The molecule has 0 saturated heterocycles. The number of hydrogen-bond acceptors (Lipinski definition) is 5. The molecule has 1 saturated carbocycles. The predicted molar refractivity (Wildman–Crippen MR) is 84.9 cm³/mol. The summed E-state index contributed by atoms with van der Waals surface area (Å²) in [5, 5.41) is 4.16. The maximum absolute atomic E-state index is 5.98. The van der Waals surface area contributed by atoms with E-state index in [2.05, 4.69) is 15.1 Å². The Hall–Kier alpha value is -2.21. The first kappa shape index (κ1) is 14.4. The number of para-hydroxylation sites is 2. The van der Waals surface area contributed by atoms with Gasteiger partial charge in [-0.1, -0.05) is 17.3 Å². The zero-order valence-electron chi connectivity index (χ0n) is 13.2. The highest BCUT2D eigenvalue weighted by Crippen LogP contribution is 2.41. The standard InChI is InChI=1S/C17H20N4O2/c1-2-22-17(9-5-6-10-17)16-19-15(20-23-16)11-21-12-18-13-7-3-4-8-14(13)21/h3-4,7-8,12H,2,5-6,9-11H2,1H3. The van der Waals surface area contributed by atoms with Crippen molar-refractivity contribution in [3.8, 4) is 0 Å². The van der Waals surface area contributed by atoms with Gasteiger partial charge in [-0.05, 0) is 44.7 Å². The zero-order valence-corrected chi connectivity index (χ0v) is 13.2. The van der Waals surface area contributed by atoms with E-state index >= 15 is 0 Å². The average molecular weight is 312 g/mol. The summed E-state index contributed by atoms with van der Waals surface area (Å²) in [5.74, 6) is 1.28. The Kier molecular flexibility index (Phi) is 3.61. The number of rotatable bonds is 5. The number of benzene rings is 1. The first-order chi connectivity index (χ1) is 11.3. The molecule has 0 atom stereocenters. The minimum atomic E-state index is -0.378. The lowest BCUT2D eigenvalue weighted by Crippen LogP contribution is -2.26. The highest BCUT2D eigenvalue weighted by atomic mass is 16.5. The van der Waals surface area contributed by atoms with E-state index in [1.807, 2.05) is 42.1 Å². The molecule has 23 heavy (non-hydrogen) atoms. The second-order valence-electron chi connectivity index (χ2n) is 6.01. The number of fused-ring (bicyclic) bond motifs is 1. The van der Waals surface area contributed by atoms with Crippen LogP contribution in [0.2, 0.25) is 0 Å². The van der Waals surface area contributed by atoms with Gasteiger partial charge in [0.25, 0.3) is 5.89 Å². The van der Waals surface area contributed by atoms with E-state index in [9.17, 15) is 0 Å². The van der Waals surface area contributed by atoms with Crippen LogP contribution in [-0.4, -0.2) is 26.3 Å². The molecule has 1 aliphatic carbocycles. The van der Waals surface area contributed by atoms with Crippen LogP contribution in [0, 0.1) is 0 Å². The Bertz CT molecular complexity index is 802. The molecule has 6 heteroatoms. The molecule has 2 aromatic heterocycles. The topological polar surface area (TPSA) is 66.0 Å². The van der Waals surface area contributed by atoms with Crippen molar-refractivity contribution >= 4 is 11.0 Å². The summed E-state index contributed by atoms with van der Waals surface area (Å²) in [6, 6.07) is 8.03. The van der Waals surface area contributed by atoms with E-state index in [1.54, 1.807) is 0 Å². The number of ether oxygens (including phenoxy) is 1. The van der Waals surface area contributed by atoms with Crippen LogP contribution in [-0.2, 0) is 16.9 Å². The molecule has 0 unspecified atom stereocenters. The third kappa shape index (κ3) is 2.53. The summed E-state index contributed by atoms with van der Waals surface area (Å²) < 4.78 is 13.6. The third-order valence-electron chi connectivity index (χ3n) is 4.53. The lowest BCUT2D eigenvalue weighted by molar-refractivity contribution is -0.0610. The minimum Gasteiger partial charge on any atom is -0.365 e. The summed E-state index contributed by atoms with van der Waals surface area (Å²) in [6.45, 7) is 3.21. The van der Waals surface area contributed by atoms with Gasteiger partial charge in [0.05, 0.1) is 23.9 Å². The number of imidazole rings is 1. The van der Waals surface area contributed by atoms with E-state index in [0.29, 0.717) is 24.9 Å². The van der Waals surface area contributed by atoms with Crippen LogP contribution in [0.4, 0.5) is 0 Å². The Balaban J connectivity index is 1.60. The lowest BCUT2D eigenvalue weighted by atomic mass is 10.0. The Labute approximate surface area is 134 Å². The molecule has 2 heterocycles. The van der Waals surface area contributed by atoms with Crippen LogP contribution in [0.5, 0.6) is 0 Å². The molecule has 0 N–H and O–H groups in total. The molecule has 4 rings (SSSR count). The van der Waals surface area contributed by atoms with Crippen LogP contribution in [0.25, 0.3) is 11.0 Å². The van der Waals surface area contributed by atoms with Crippen molar-refractivity contribution in [3.05, 3.63) is 42.3 Å². The Morgan fingerprint density at radius 1 is 1.26 bits per heavy atom. The molecular weight excluding hydrogens is 292 g/mol. The quantitative estimate of drug-likeness (QED) is 0.723.